The topological polar surface area (TPSA) is 41.5 Å². The SMILES string of the molecule is CCCCC(=O)NN=Cc1ccccc1F. The summed E-state index contributed by atoms with van der Waals surface area (Å²) in [7, 11) is 0. The Morgan fingerprint density at radius 2 is 2.25 bits per heavy atom. The number of hydrogen-bond acceptors (Lipinski definition) is 2. The zero-order valence-electron chi connectivity index (χ0n) is 9.24. The normalized spacial score (nSPS) is 10.6. The molecule has 0 atom stereocenters. The van der Waals surface area contributed by atoms with Crippen LogP contribution in [0, 0.1) is 5.82 Å². The van der Waals surface area contributed by atoms with Gasteiger partial charge in [0, 0.05) is 12.0 Å². The quantitative estimate of drug-likeness (QED) is 0.603. The lowest BCUT2D eigenvalue weighted by molar-refractivity contribution is -0.121. The van der Waals surface area contributed by atoms with Crippen molar-refractivity contribution in [2.75, 3.05) is 0 Å². The number of halogens is 1. The van der Waals surface area contributed by atoms with E-state index in [1.807, 2.05) is 6.92 Å². The minimum Gasteiger partial charge on any atom is -0.273 e. The van der Waals surface area contributed by atoms with Crippen molar-refractivity contribution in [3.8, 4) is 0 Å². The predicted molar refractivity (Wildman–Crippen MR) is 61.7 cm³/mol. The van der Waals surface area contributed by atoms with Crippen LogP contribution in [-0.2, 0) is 4.79 Å². The van der Waals surface area contributed by atoms with Crippen molar-refractivity contribution in [2.24, 2.45) is 5.10 Å². The molecular weight excluding hydrogens is 207 g/mol. The third-order valence-electron chi connectivity index (χ3n) is 2.06. The average molecular weight is 222 g/mol. The number of rotatable bonds is 5. The Balaban J connectivity index is 2.43. The van der Waals surface area contributed by atoms with Crippen LogP contribution in [0.1, 0.15) is 31.7 Å². The highest BCUT2D eigenvalue weighted by atomic mass is 19.1. The molecule has 16 heavy (non-hydrogen) atoms. The van der Waals surface area contributed by atoms with Gasteiger partial charge in [-0.3, -0.25) is 4.79 Å². The molecule has 1 rings (SSSR count). The third-order valence-corrected chi connectivity index (χ3v) is 2.06. The van der Waals surface area contributed by atoms with E-state index in [0.717, 1.165) is 12.8 Å². The lowest BCUT2D eigenvalue weighted by Crippen LogP contribution is -2.16. The molecule has 86 valence electrons. The van der Waals surface area contributed by atoms with E-state index in [-0.39, 0.29) is 11.7 Å². The fourth-order valence-electron chi connectivity index (χ4n) is 1.15. The van der Waals surface area contributed by atoms with E-state index in [2.05, 4.69) is 10.5 Å². The second kappa shape index (κ2) is 6.71. The molecule has 1 aromatic carbocycles. The summed E-state index contributed by atoms with van der Waals surface area (Å²) in [6, 6.07) is 6.26. The number of nitrogens with zero attached hydrogens (tertiary/aromatic N) is 1. The van der Waals surface area contributed by atoms with E-state index in [1.165, 1.54) is 12.3 Å². The lowest BCUT2D eigenvalue weighted by atomic mass is 10.2. The molecule has 4 heteroatoms. The first-order valence-electron chi connectivity index (χ1n) is 5.30. The van der Waals surface area contributed by atoms with E-state index in [9.17, 15) is 9.18 Å². The Morgan fingerprint density at radius 3 is 2.94 bits per heavy atom. The summed E-state index contributed by atoms with van der Waals surface area (Å²) in [5.41, 5.74) is 2.72. The molecule has 0 aromatic heterocycles. The Morgan fingerprint density at radius 1 is 1.50 bits per heavy atom. The number of carbonyl (C=O) groups is 1. The number of benzene rings is 1. The van der Waals surface area contributed by atoms with Crippen molar-refractivity contribution in [1.82, 2.24) is 5.43 Å². The first kappa shape index (κ1) is 12.4. The summed E-state index contributed by atoms with van der Waals surface area (Å²) in [4.78, 5) is 11.2. The first-order chi connectivity index (χ1) is 7.74. The number of amides is 1. The summed E-state index contributed by atoms with van der Waals surface area (Å²) < 4.78 is 13.1. The summed E-state index contributed by atoms with van der Waals surface area (Å²) in [5, 5.41) is 3.69. The maximum Gasteiger partial charge on any atom is 0.240 e. The minimum absolute atomic E-state index is 0.144. The fourth-order valence-corrected chi connectivity index (χ4v) is 1.15. The van der Waals surface area contributed by atoms with Crippen LogP contribution in [0.5, 0.6) is 0 Å². The van der Waals surface area contributed by atoms with Crippen molar-refractivity contribution in [3.05, 3.63) is 35.6 Å². The Bertz CT molecular complexity index is 377. The highest BCUT2D eigenvalue weighted by molar-refractivity contribution is 5.82. The van der Waals surface area contributed by atoms with E-state index in [1.54, 1.807) is 18.2 Å². The molecule has 0 bridgehead atoms. The van der Waals surface area contributed by atoms with Gasteiger partial charge in [-0.05, 0) is 12.5 Å². The van der Waals surface area contributed by atoms with Gasteiger partial charge in [-0.2, -0.15) is 5.10 Å². The van der Waals surface area contributed by atoms with Crippen molar-refractivity contribution < 1.29 is 9.18 Å². The van der Waals surface area contributed by atoms with Gasteiger partial charge in [0.05, 0.1) is 6.21 Å². The molecule has 0 aliphatic carbocycles. The highest BCUT2D eigenvalue weighted by Gasteiger charge is 1.98. The standard InChI is InChI=1S/C12H15FN2O/c1-2-3-8-12(16)15-14-9-10-6-4-5-7-11(10)13/h4-7,9H,2-3,8H2,1H3,(H,15,16). The van der Waals surface area contributed by atoms with Gasteiger partial charge in [0.2, 0.25) is 5.91 Å². The Labute approximate surface area is 94.4 Å². The summed E-state index contributed by atoms with van der Waals surface area (Å²) in [5.74, 6) is -0.497. The lowest BCUT2D eigenvalue weighted by Gasteiger charge is -1.98. The second-order valence-electron chi connectivity index (χ2n) is 3.42. The summed E-state index contributed by atoms with van der Waals surface area (Å²) in [6.45, 7) is 2.01. The smallest absolute Gasteiger partial charge is 0.240 e. The number of nitrogens with one attached hydrogen (secondary N) is 1. The van der Waals surface area contributed by atoms with Crippen LogP contribution in [0.2, 0.25) is 0 Å². The Kier molecular flexibility index (Phi) is 5.19. The number of carbonyl (C=O) groups excluding carboxylic acids is 1. The highest BCUT2D eigenvalue weighted by Crippen LogP contribution is 2.02. The largest absolute Gasteiger partial charge is 0.273 e. The zero-order chi connectivity index (χ0) is 11.8. The molecule has 0 saturated heterocycles. The predicted octanol–water partition coefficient (Wildman–Crippen LogP) is 2.47. The average Bonchev–Trinajstić information content (AvgIpc) is 2.29. The molecule has 1 N–H and O–H groups in total. The van der Waals surface area contributed by atoms with Crippen molar-refractivity contribution >= 4 is 12.1 Å². The first-order valence-corrected chi connectivity index (χ1v) is 5.30. The molecule has 0 radical (unpaired) electrons. The molecule has 3 nitrogen and oxygen atoms in total. The van der Waals surface area contributed by atoms with Crippen LogP contribution >= 0.6 is 0 Å². The molecule has 0 aliphatic heterocycles. The van der Waals surface area contributed by atoms with Crippen molar-refractivity contribution in [2.45, 2.75) is 26.2 Å². The van der Waals surface area contributed by atoms with Gasteiger partial charge >= 0.3 is 0 Å². The van der Waals surface area contributed by atoms with E-state index < -0.39 is 0 Å². The maximum atomic E-state index is 13.1. The van der Waals surface area contributed by atoms with Crippen molar-refractivity contribution in [3.63, 3.8) is 0 Å². The van der Waals surface area contributed by atoms with Crippen LogP contribution in [0.3, 0.4) is 0 Å². The third kappa shape index (κ3) is 4.21. The molecular formula is C12H15FN2O. The second-order valence-corrected chi connectivity index (χ2v) is 3.42. The molecule has 0 heterocycles. The minimum atomic E-state index is -0.353. The number of hydrazone groups is 1. The number of unbranched alkanes of at least 4 members (excludes halogenated alkanes) is 1. The van der Waals surface area contributed by atoms with Gasteiger partial charge in [0.15, 0.2) is 0 Å². The van der Waals surface area contributed by atoms with Crippen LogP contribution in [-0.4, -0.2) is 12.1 Å². The van der Waals surface area contributed by atoms with Gasteiger partial charge in [0.25, 0.3) is 0 Å². The van der Waals surface area contributed by atoms with E-state index >= 15 is 0 Å². The van der Waals surface area contributed by atoms with E-state index in [0.29, 0.717) is 12.0 Å². The van der Waals surface area contributed by atoms with Gasteiger partial charge in [-0.15, -0.1) is 0 Å². The number of hydrogen-bond donors (Lipinski definition) is 1. The van der Waals surface area contributed by atoms with E-state index in [4.69, 9.17) is 0 Å². The summed E-state index contributed by atoms with van der Waals surface area (Å²) >= 11 is 0. The van der Waals surface area contributed by atoms with Crippen LogP contribution in [0.4, 0.5) is 4.39 Å². The van der Waals surface area contributed by atoms with Crippen LogP contribution < -0.4 is 5.43 Å². The molecule has 0 saturated carbocycles. The Hall–Kier alpha value is -1.71. The van der Waals surface area contributed by atoms with Gasteiger partial charge in [0.1, 0.15) is 5.82 Å². The van der Waals surface area contributed by atoms with Crippen molar-refractivity contribution in [1.29, 1.82) is 0 Å². The monoisotopic (exact) mass is 222 g/mol. The molecule has 1 aromatic rings. The molecule has 1 amide bonds. The molecule has 0 aliphatic rings. The maximum absolute atomic E-state index is 13.1. The van der Waals surface area contributed by atoms with Gasteiger partial charge < -0.3 is 0 Å². The molecule has 0 spiro atoms. The van der Waals surface area contributed by atoms with Gasteiger partial charge in [-0.1, -0.05) is 31.5 Å². The molecule has 0 fully saturated rings. The zero-order valence-corrected chi connectivity index (χ0v) is 9.24. The van der Waals surface area contributed by atoms with Crippen LogP contribution in [0.15, 0.2) is 29.4 Å². The van der Waals surface area contributed by atoms with Gasteiger partial charge in [-0.25, -0.2) is 9.82 Å². The molecule has 0 unspecified atom stereocenters. The fraction of sp³-hybridized carbons (Fsp3) is 0.333. The summed E-state index contributed by atoms with van der Waals surface area (Å²) in [6.07, 6.45) is 3.55. The van der Waals surface area contributed by atoms with Crippen LogP contribution in [0.25, 0.3) is 0 Å².